The van der Waals surface area contributed by atoms with Crippen LogP contribution in [0.5, 0.6) is 17.2 Å². The van der Waals surface area contributed by atoms with Gasteiger partial charge in [0.05, 0.1) is 7.11 Å². The number of carbonyl (C=O) groups is 1. The maximum absolute atomic E-state index is 12.5. The van der Waals surface area contributed by atoms with Gasteiger partial charge in [0.2, 0.25) is 6.79 Å². The van der Waals surface area contributed by atoms with Crippen molar-refractivity contribution in [1.29, 1.82) is 5.26 Å². The Morgan fingerprint density at radius 3 is 2.53 bits per heavy atom. The monoisotopic (exact) mass is 434 g/mol. The maximum atomic E-state index is 12.5. The number of hydrogen-bond donors (Lipinski definition) is 1. The number of ether oxygens (including phenoxy) is 3. The summed E-state index contributed by atoms with van der Waals surface area (Å²) in [6, 6.07) is 15.5. The topological polar surface area (TPSA) is 87.1 Å². The van der Waals surface area contributed by atoms with Gasteiger partial charge in [0.25, 0.3) is 5.91 Å². The molecular weight excluding hydrogens is 408 g/mol. The lowest BCUT2D eigenvalue weighted by atomic mass is 10.1. The number of amides is 1. The molecule has 2 heterocycles. The summed E-state index contributed by atoms with van der Waals surface area (Å²) in [6.07, 6.45) is 1.67. The van der Waals surface area contributed by atoms with Crippen molar-refractivity contribution in [3.05, 3.63) is 65.4 Å². The number of hydrogen-bond acceptors (Lipinski definition) is 7. The minimum absolute atomic E-state index is 0.114. The van der Waals surface area contributed by atoms with Crippen LogP contribution >= 0.6 is 0 Å². The lowest BCUT2D eigenvalue weighted by Gasteiger charge is -2.34. The quantitative estimate of drug-likeness (QED) is 0.528. The average Bonchev–Trinajstić information content (AvgIpc) is 3.30. The molecule has 0 spiro atoms. The lowest BCUT2D eigenvalue weighted by molar-refractivity contribution is -0.117. The molecule has 1 fully saturated rings. The highest BCUT2D eigenvalue weighted by atomic mass is 16.7. The SMILES string of the molecule is COc1ccc(CNC(=O)/C(C#N)=C/N2CCN(Cc3ccc4c(c3)OCO4)CC2)cc1. The summed E-state index contributed by atoms with van der Waals surface area (Å²) < 4.78 is 15.9. The molecule has 2 aliphatic rings. The van der Waals surface area contributed by atoms with Gasteiger partial charge in [-0.15, -0.1) is 0 Å². The molecule has 2 aliphatic heterocycles. The number of nitrogens with one attached hydrogen (secondary N) is 1. The van der Waals surface area contributed by atoms with Gasteiger partial charge in [-0.3, -0.25) is 9.69 Å². The third-order valence-corrected chi connectivity index (χ3v) is 5.54. The molecule has 0 unspecified atom stereocenters. The number of nitriles is 1. The van der Waals surface area contributed by atoms with E-state index in [1.807, 2.05) is 47.4 Å². The largest absolute Gasteiger partial charge is 0.497 e. The molecule has 2 aromatic rings. The fourth-order valence-electron chi connectivity index (χ4n) is 3.69. The van der Waals surface area contributed by atoms with Crippen LogP contribution in [0, 0.1) is 11.3 Å². The number of rotatable bonds is 7. The predicted octanol–water partition coefficient (Wildman–Crippen LogP) is 2.27. The summed E-state index contributed by atoms with van der Waals surface area (Å²) in [4.78, 5) is 16.8. The number of fused-ring (bicyclic) bond motifs is 1. The highest BCUT2D eigenvalue weighted by Gasteiger charge is 2.19. The Kier molecular flexibility index (Phi) is 6.78. The van der Waals surface area contributed by atoms with E-state index >= 15 is 0 Å². The van der Waals surface area contributed by atoms with Gasteiger partial charge in [0, 0.05) is 45.5 Å². The first-order valence-electron chi connectivity index (χ1n) is 10.5. The Bertz CT molecular complexity index is 1020. The Hall–Kier alpha value is -3.70. The zero-order valence-electron chi connectivity index (χ0n) is 18.0. The van der Waals surface area contributed by atoms with Gasteiger partial charge >= 0.3 is 0 Å². The maximum Gasteiger partial charge on any atom is 0.263 e. The second-order valence-corrected chi connectivity index (χ2v) is 7.69. The number of carbonyl (C=O) groups excluding carboxylic acids is 1. The van der Waals surface area contributed by atoms with E-state index in [-0.39, 0.29) is 18.3 Å². The van der Waals surface area contributed by atoms with Gasteiger partial charge in [-0.1, -0.05) is 18.2 Å². The highest BCUT2D eigenvalue weighted by molar-refractivity contribution is 5.97. The molecule has 0 aliphatic carbocycles. The Morgan fingerprint density at radius 1 is 1.09 bits per heavy atom. The van der Waals surface area contributed by atoms with Gasteiger partial charge in [0.1, 0.15) is 17.4 Å². The molecule has 0 saturated carbocycles. The van der Waals surface area contributed by atoms with Crippen LogP contribution in [0.15, 0.2) is 54.2 Å². The molecule has 1 N–H and O–H groups in total. The van der Waals surface area contributed by atoms with E-state index in [2.05, 4.69) is 16.3 Å². The predicted molar refractivity (Wildman–Crippen MR) is 118 cm³/mol. The molecule has 0 bridgehead atoms. The summed E-state index contributed by atoms with van der Waals surface area (Å²) in [7, 11) is 1.61. The van der Waals surface area contributed by atoms with Crippen molar-refractivity contribution in [3.8, 4) is 23.3 Å². The van der Waals surface area contributed by atoms with E-state index in [1.165, 1.54) is 5.56 Å². The molecule has 1 saturated heterocycles. The Balaban J connectivity index is 1.26. The molecule has 0 radical (unpaired) electrons. The van der Waals surface area contributed by atoms with Crippen LogP contribution in [-0.4, -0.2) is 55.8 Å². The van der Waals surface area contributed by atoms with Crippen LogP contribution in [0.3, 0.4) is 0 Å². The van der Waals surface area contributed by atoms with Crippen LogP contribution in [0.25, 0.3) is 0 Å². The van der Waals surface area contributed by atoms with Gasteiger partial charge in [-0.2, -0.15) is 5.26 Å². The minimum Gasteiger partial charge on any atom is -0.497 e. The van der Waals surface area contributed by atoms with Crippen LogP contribution in [0.1, 0.15) is 11.1 Å². The van der Waals surface area contributed by atoms with Crippen molar-refractivity contribution in [2.75, 3.05) is 40.1 Å². The van der Waals surface area contributed by atoms with Gasteiger partial charge in [-0.05, 0) is 35.4 Å². The normalized spacial score (nSPS) is 15.9. The first-order chi connectivity index (χ1) is 15.6. The van der Waals surface area contributed by atoms with E-state index < -0.39 is 0 Å². The summed E-state index contributed by atoms with van der Waals surface area (Å²) in [5.41, 5.74) is 2.23. The number of methoxy groups -OCH3 is 1. The van der Waals surface area contributed by atoms with E-state index in [0.29, 0.717) is 6.54 Å². The Morgan fingerprint density at radius 2 is 1.81 bits per heavy atom. The van der Waals surface area contributed by atoms with Crippen molar-refractivity contribution in [1.82, 2.24) is 15.1 Å². The lowest BCUT2D eigenvalue weighted by Crippen LogP contribution is -2.44. The Labute approximate surface area is 187 Å². The van der Waals surface area contributed by atoms with E-state index in [9.17, 15) is 10.1 Å². The van der Waals surface area contributed by atoms with Crippen LogP contribution < -0.4 is 19.5 Å². The third-order valence-electron chi connectivity index (χ3n) is 5.54. The number of piperazine rings is 1. The molecule has 2 aromatic carbocycles. The van der Waals surface area contributed by atoms with Crippen molar-refractivity contribution in [2.45, 2.75) is 13.1 Å². The first-order valence-corrected chi connectivity index (χ1v) is 10.5. The second kappa shape index (κ2) is 10.1. The standard InChI is InChI=1S/C24H26N4O4/c1-30-21-5-2-18(3-6-21)14-26-24(29)20(13-25)16-28-10-8-27(9-11-28)15-19-4-7-22-23(12-19)32-17-31-22/h2-7,12,16H,8-11,14-15,17H2,1H3,(H,26,29)/b20-16+. The van der Waals surface area contributed by atoms with Crippen LogP contribution in [0.4, 0.5) is 0 Å². The second-order valence-electron chi connectivity index (χ2n) is 7.69. The summed E-state index contributed by atoms with van der Waals surface area (Å²) in [5, 5.41) is 12.3. The molecule has 1 amide bonds. The summed E-state index contributed by atoms with van der Waals surface area (Å²) in [6.45, 7) is 4.64. The summed E-state index contributed by atoms with van der Waals surface area (Å²) >= 11 is 0. The van der Waals surface area contributed by atoms with Crippen molar-refractivity contribution in [3.63, 3.8) is 0 Å². The molecule has 8 nitrogen and oxygen atoms in total. The van der Waals surface area contributed by atoms with Gasteiger partial charge in [0.15, 0.2) is 11.5 Å². The average molecular weight is 434 g/mol. The molecule has 0 aromatic heterocycles. The van der Waals surface area contributed by atoms with Crippen LogP contribution in [0.2, 0.25) is 0 Å². The van der Waals surface area contributed by atoms with Crippen molar-refractivity contribution < 1.29 is 19.0 Å². The molecule has 8 heteroatoms. The first kappa shape index (κ1) is 21.5. The van der Waals surface area contributed by atoms with E-state index in [0.717, 1.165) is 55.5 Å². The van der Waals surface area contributed by atoms with Crippen molar-refractivity contribution >= 4 is 5.91 Å². The zero-order chi connectivity index (χ0) is 22.3. The molecule has 32 heavy (non-hydrogen) atoms. The number of nitrogens with zero attached hydrogens (tertiary/aromatic N) is 3. The molecule has 4 rings (SSSR count). The molecular formula is C24H26N4O4. The minimum atomic E-state index is -0.369. The molecule has 166 valence electrons. The van der Waals surface area contributed by atoms with Gasteiger partial charge < -0.3 is 24.4 Å². The van der Waals surface area contributed by atoms with Gasteiger partial charge in [-0.25, -0.2) is 0 Å². The number of benzene rings is 2. The zero-order valence-corrected chi connectivity index (χ0v) is 18.0. The fourth-order valence-corrected chi connectivity index (χ4v) is 3.69. The van der Waals surface area contributed by atoms with E-state index in [4.69, 9.17) is 14.2 Å². The van der Waals surface area contributed by atoms with Crippen LogP contribution in [-0.2, 0) is 17.9 Å². The third kappa shape index (κ3) is 5.31. The fraction of sp³-hybridized carbons (Fsp3) is 0.333. The van der Waals surface area contributed by atoms with E-state index in [1.54, 1.807) is 13.3 Å². The van der Waals surface area contributed by atoms with Crippen molar-refractivity contribution in [2.24, 2.45) is 0 Å². The highest BCUT2D eigenvalue weighted by Crippen LogP contribution is 2.32. The summed E-state index contributed by atoms with van der Waals surface area (Å²) in [5.74, 6) is 1.97. The molecule has 0 atom stereocenters. The smallest absolute Gasteiger partial charge is 0.263 e.